The summed E-state index contributed by atoms with van der Waals surface area (Å²) >= 11 is 8.02. The third-order valence-electron chi connectivity index (χ3n) is 4.98. The highest BCUT2D eigenvalue weighted by Crippen LogP contribution is 2.36. The minimum absolute atomic E-state index is 0.514. The molecule has 0 saturated heterocycles. The number of nitrogens with zero attached hydrogens (tertiary/aromatic N) is 5. The molecule has 0 aliphatic rings. The second kappa shape index (κ2) is 8.65. The summed E-state index contributed by atoms with van der Waals surface area (Å²) in [4.78, 5) is 20.2. The number of H-pyrrole nitrogens is 1. The fourth-order valence-electron chi connectivity index (χ4n) is 3.34. The molecule has 0 radical (unpaired) electrons. The summed E-state index contributed by atoms with van der Waals surface area (Å²) in [7, 11) is 2.03. The van der Waals surface area contributed by atoms with Crippen molar-refractivity contribution in [2.45, 2.75) is 43.2 Å². The van der Waals surface area contributed by atoms with Crippen LogP contribution in [0.4, 0.5) is 5.82 Å². The van der Waals surface area contributed by atoms with Crippen molar-refractivity contribution in [3.63, 3.8) is 0 Å². The van der Waals surface area contributed by atoms with Gasteiger partial charge in [0.1, 0.15) is 17.0 Å². The van der Waals surface area contributed by atoms with Crippen LogP contribution < -0.4 is 9.63 Å². The van der Waals surface area contributed by atoms with Gasteiger partial charge in [-0.15, -0.1) is 0 Å². The number of rotatable bonds is 7. The molecule has 0 bridgehead atoms. The van der Waals surface area contributed by atoms with Gasteiger partial charge in [-0.25, -0.2) is 15.0 Å². The SMILES string of the molecule is CCCCN(C)c1nc(Sc2cnc3ccc[n+]([O-])c3c2)nc2[nH]c(CC)c(Cl)c12. The van der Waals surface area contributed by atoms with Crippen molar-refractivity contribution < 1.29 is 4.73 Å². The van der Waals surface area contributed by atoms with E-state index in [0.717, 1.165) is 58.0 Å². The third kappa shape index (κ3) is 3.89. The lowest BCUT2D eigenvalue weighted by atomic mass is 10.2. The highest BCUT2D eigenvalue weighted by molar-refractivity contribution is 7.99. The molecule has 0 fully saturated rings. The van der Waals surface area contributed by atoms with Crippen LogP contribution in [0.2, 0.25) is 5.02 Å². The molecule has 4 rings (SSSR count). The molecule has 0 atom stereocenters. The fraction of sp³-hybridized carbons (Fsp3) is 0.333. The molecule has 0 aromatic carbocycles. The predicted molar refractivity (Wildman–Crippen MR) is 121 cm³/mol. The molecule has 0 spiro atoms. The summed E-state index contributed by atoms with van der Waals surface area (Å²) in [5, 5.41) is 14.2. The van der Waals surface area contributed by atoms with Crippen LogP contribution in [0.1, 0.15) is 32.4 Å². The maximum Gasteiger partial charge on any atom is 0.243 e. The molecule has 156 valence electrons. The fourth-order valence-corrected chi connectivity index (χ4v) is 4.45. The Morgan fingerprint density at radius 2 is 2.13 bits per heavy atom. The number of aromatic nitrogens is 5. The second-order valence-electron chi connectivity index (χ2n) is 7.11. The quantitative estimate of drug-likeness (QED) is 0.253. The van der Waals surface area contributed by atoms with E-state index in [1.807, 2.05) is 19.2 Å². The molecule has 9 heteroatoms. The van der Waals surface area contributed by atoms with Gasteiger partial charge in [0.05, 0.1) is 10.4 Å². The van der Waals surface area contributed by atoms with Crippen LogP contribution >= 0.6 is 23.4 Å². The number of nitrogens with one attached hydrogen (secondary N) is 1. The lowest BCUT2D eigenvalue weighted by Crippen LogP contribution is -2.25. The van der Waals surface area contributed by atoms with Crippen LogP contribution in [0.25, 0.3) is 22.1 Å². The Morgan fingerprint density at radius 3 is 2.90 bits per heavy atom. The number of pyridine rings is 2. The molecular formula is C21H23ClN6OS. The van der Waals surface area contributed by atoms with Crippen LogP contribution in [-0.4, -0.2) is 33.5 Å². The Hall–Kier alpha value is -2.58. The van der Waals surface area contributed by atoms with Crippen LogP contribution in [-0.2, 0) is 6.42 Å². The molecule has 4 aromatic rings. The van der Waals surface area contributed by atoms with Crippen molar-refractivity contribution in [1.82, 2.24) is 19.9 Å². The number of aromatic amines is 1. The van der Waals surface area contributed by atoms with Crippen LogP contribution in [0.3, 0.4) is 0 Å². The summed E-state index contributed by atoms with van der Waals surface area (Å²) in [6.45, 7) is 5.10. The van der Waals surface area contributed by atoms with Gasteiger partial charge in [-0.3, -0.25) is 0 Å². The zero-order chi connectivity index (χ0) is 21.3. The van der Waals surface area contributed by atoms with Gasteiger partial charge in [-0.1, -0.05) is 31.9 Å². The van der Waals surface area contributed by atoms with Crippen molar-refractivity contribution in [2.75, 3.05) is 18.5 Å². The predicted octanol–water partition coefficient (Wildman–Crippen LogP) is 4.74. The van der Waals surface area contributed by atoms with E-state index in [1.54, 1.807) is 12.3 Å². The van der Waals surface area contributed by atoms with E-state index in [2.05, 4.69) is 28.7 Å². The van der Waals surface area contributed by atoms with Crippen molar-refractivity contribution >= 4 is 51.2 Å². The first-order chi connectivity index (χ1) is 14.5. The van der Waals surface area contributed by atoms with Crippen LogP contribution in [0, 0.1) is 5.21 Å². The van der Waals surface area contributed by atoms with E-state index >= 15 is 0 Å². The molecule has 0 aliphatic heterocycles. The van der Waals surface area contributed by atoms with Crippen molar-refractivity contribution in [1.29, 1.82) is 0 Å². The smallest absolute Gasteiger partial charge is 0.243 e. The van der Waals surface area contributed by atoms with Gasteiger partial charge < -0.3 is 15.1 Å². The number of aryl methyl sites for hydroxylation is 1. The normalized spacial score (nSPS) is 11.5. The summed E-state index contributed by atoms with van der Waals surface area (Å²) in [5.74, 6) is 0.810. The second-order valence-corrected chi connectivity index (χ2v) is 8.53. The van der Waals surface area contributed by atoms with E-state index in [0.29, 0.717) is 21.2 Å². The molecule has 0 unspecified atom stereocenters. The highest BCUT2D eigenvalue weighted by Gasteiger charge is 2.20. The molecule has 0 amide bonds. The highest BCUT2D eigenvalue weighted by atomic mass is 35.5. The van der Waals surface area contributed by atoms with Crippen molar-refractivity contribution in [3.05, 3.63) is 46.5 Å². The maximum atomic E-state index is 12.1. The van der Waals surface area contributed by atoms with Gasteiger partial charge in [-0.2, -0.15) is 4.73 Å². The van der Waals surface area contributed by atoms with Gasteiger partial charge in [0.25, 0.3) is 0 Å². The van der Waals surface area contributed by atoms with E-state index in [4.69, 9.17) is 21.6 Å². The van der Waals surface area contributed by atoms with E-state index in [-0.39, 0.29) is 0 Å². The van der Waals surface area contributed by atoms with Gasteiger partial charge in [-0.05, 0) is 30.7 Å². The monoisotopic (exact) mass is 442 g/mol. The molecular weight excluding hydrogens is 420 g/mol. The molecule has 1 N–H and O–H groups in total. The Morgan fingerprint density at radius 1 is 1.30 bits per heavy atom. The largest absolute Gasteiger partial charge is 0.618 e. The minimum atomic E-state index is 0.514. The number of hydrogen-bond acceptors (Lipinski definition) is 6. The van der Waals surface area contributed by atoms with E-state index < -0.39 is 0 Å². The van der Waals surface area contributed by atoms with Gasteiger partial charge in [0.2, 0.25) is 5.52 Å². The van der Waals surface area contributed by atoms with Gasteiger partial charge in [0.15, 0.2) is 11.4 Å². The third-order valence-corrected chi connectivity index (χ3v) is 6.22. The summed E-state index contributed by atoms with van der Waals surface area (Å²) in [6.07, 6.45) is 6.15. The standard InChI is InChI=1S/C21H23ClN6OS/c1-4-6-9-27(3)20-17-18(22)14(5-2)24-19(17)25-21(26-20)30-13-11-16-15(23-12-13)8-7-10-28(16)29/h7-8,10-12H,4-6,9H2,1-3H3,(H,24,25,26). The van der Waals surface area contributed by atoms with E-state index in [9.17, 15) is 5.21 Å². The van der Waals surface area contributed by atoms with E-state index in [1.165, 1.54) is 18.0 Å². The maximum absolute atomic E-state index is 12.1. The Balaban J connectivity index is 1.78. The van der Waals surface area contributed by atoms with Gasteiger partial charge in [0, 0.05) is 42.5 Å². The molecule has 4 heterocycles. The number of anilines is 1. The summed E-state index contributed by atoms with van der Waals surface area (Å²) in [6, 6.07) is 5.31. The first-order valence-electron chi connectivity index (χ1n) is 9.96. The number of halogens is 1. The minimum Gasteiger partial charge on any atom is -0.618 e. The van der Waals surface area contributed by atoms with Gasteiger partial charge >= 0.3 is 0 Å². The average Bonchev–Trinajstić information content (AvgIpc) is 3.07. The number of fused-ring (bicyclic) bond motifs is 2. The Labute approximate surface area is 184 Å². The lowest BCUT2D eigenvalue weighted by molar-refractivity contribution is -0.577. The van der Waals surface area contributed by atoms with Crippen LogP contribution in [0.5, 0.6) is 0 Å². The number of unbranched alkanes of at least 4 members (excludes halogenated alkanes) is 1. The summed E-state index contributed by atoms with van der Waals surface area (Å²) in [5.41, 5.74) is 2.84. The Bertz CT molecular complexity index is 1210. The van der Waals surface area contributed by atoms with Crippen LogP contribution in [0.15, 0.2) is 40.6 Å². The zero-order valence-electron chi connectivity index (χ0n) is 17.1. The first-order valence-corrected chi connectivity index (χ1v) is 11.2. The average molecular weight is 443 g/mol. The molecule has 7 nitrogen and oxygen atoms in total. The van der Waals surface area contributed by atoms with Crippen molar-refractivity contribution in [2.24, 2.45) is 0 Å². The first kappa shape index (κ1) is 20.7. The molecule has 30 heavy (non-hydrogen) atoms. The van der Waals surface area contributed by atoms with Crippen molar-refractivity contribution in [3.8, 4) is 0 Å². The lowest BCUT2D eigenvalue weighted by Gasteiger charge is -2.19. The summed E-state index contributed by atoms with van der Waals surface area (Å²) < 4.78 is 0.818. The Kier molecular flexibility index (Phi) is 5.97. The molecule has 0 aliphatic carbocycles. The number of hydrogen-bond donors (Lipinski definition) is 1. The molecule has 0 saturated carbocycles. The topological polar surface area (TPSA) is 84.6 Å². The zero-order valence-corrected chi connectivity index (χ0v) is 18.7. The molecule has 4 aromatic heterocycles.